The maximum atomic E-state index is 5.37. The number of aromatic nitrogens is 2. The summed E-state index contributed by atoms with van der Waals surface area (Å²) in [6, 6.07) is 4.68. The fourth-order valence-electron chi connectivity index (χ4n) is 2.85. The van der Waals surface area contributed by atoms with Crippen molar-refractivity contribution in [2.45, 2.75) is 45.2 Å². The molecule has 1 aliphatic rings. The SMILES string of the molecule is CC1CCC(N(C)Cc2nc(-c3cccs3)no2)CC1. The summed E-state index contributed by atoms with van der Waals surface area (Å²) in [6.07, 6.45) is 5.23. The topological polar surface area (TPSA) is 42.2 Å². The molecule has 3 rings (SSSR count). The van der Waals surface area contributed by atoms with Gasteiger partial charge in [-0.1, -0.05) is 18.1 Å². The van der Waals surface area contributed by atoms with Gasteiger partial charge in [0.05, 0.1) is 11.4 Å². The van der Waals surface area contributed by atoms with Crippen molar-refractivity contribution in [3.63, 3.8) is 0 Å². The van der Waals surface area contributed by atoms with E-state index in [1.165, 1.54) is 25.7 Å². The summed E-state index contributed by atoms with van der Waals surface area (Å²) in [4.78, 5) is 7.92. The van der Waals surface area contributed by atoms with Crippen LogP contribution in [0.2, 0.25) is 0 Å². The van der Waals surface area contributed by atoms with Crippen molar-refractivity contribution >= 4 is 11.3 Å². The van der Waals surface area contributed by atoms with Gasteiger partial charge in [-0.05, 0) is 50.1 Å². The highest BCUT2D eigenvalue weighted by atomic mass is 32.1. The molecule has 0 bridgehead atoms. The minimum atomic E-state index is 0.656. The third-order valence-electron chi connectivity index (χ3n) is 4.20. The molecule has 1 aliphatic carbocycles. The van der Waals surface area contributed by atoms with E-state index in [2.05, 4.69) is 29.0 Å². The van der Waals surface area contributed by atoms with Gasteiger partial charge in [0.25, 0.3) is 0 Å². The van der Waals surface area contributed by atoms with Crippen molar-refractivity contribution in [2.24, 2.45) is 5.92 Å². The fourth-order valence-corrected chi connectivity index (χ4v) is 3.50. The molecule has 108 valence electrons. The van der Waals surface area contributed by atoms with Crippen LogP contribution < -0.4 is 0 Å². The zero-order valence-electron chi connectivity index (χ0n) is 12.1. The first kappa shape index (κ1) is 13.8. The monoisotopic (exact) mass is 291 g/mol. The largest absolute Gasteiger partial charge is 0.338 e. The first-order valence-electron chi connectivity index (χ1n) is 7.29. The molecule has 2 heterocycles. The van der Waals surface area contributed by atoms with Crippen molar-refractivity contribution in [3.05, 3.63) is 23.4 Å². The van der Waals surface area contributed by atoms with Crippen LogP contribution in [0, 0.1) is 5.92 Å². The Morgan fingerprint density at radius 3 is 2.85 bits per heavy atom. The second kappa shape index (κ2) is 6.06. The normalized spacial score (nSPS) is 23.4. The van der Waals surface area contributed by atoms with E-state index in [4.69, 9.17) is 4.52 Å². The van der Waals surface area contributed by atoms with Gasteiger partial charge in [0.1, 0.15) is 0 Å². The average Bonchev–Trinajstić information content (AvgIpc) is 3.09. The lowest BCUT2D eigenvalue weighted by Crippen LogP contribution is -2.34. The first-order valence-corrected chi connectivity index (χ1v) is 8.17. The summed E-state index contributed by atoms with van der Waals surface area (Å²) in [5, 5.41) is 6.10. The number of thiophene rings is 1. The molecule has 4 nitrogen and oxygen atoms in total. The third-order valence-corrected chi connectivity index (χ3v) is 5.07. The predicted molar refractivity (Wildman–Crippen MR) is 80.5 cm³/mol. The third kappa shape index (κ3) is 3.10. The maximum Gasteiger partial charge on any atom is 0.241 e. The average molecular weight is 291 g/mol. The highest BCUT2D eigenvalue weighted by Gasteiger charge is 2.23. The maximum absolute atomic E-state index is 5.37. The Morgan fingerprint density at radius 2 is 2.15 bits per heavy atom. The smallest absolute Gasteiger partial charge is 0.241 e. The van der Waals surface area contributed by atoms with Gasteiger partial charge >= 0.3 is 0 Å². The summed E-state index contributed by atoms with van der Waals surface area (Å²) < 4.78 is 5.37. The molecule has 20 heavy (non-hydrogen) atoms. The molecule has 0 unspecified atom stereocenters. The summed E-state index contributed by atoms with van der Waals surface area (Å²) in [5.41, 5.74) is 0. The van der Waals surface area contributed by atoms with Crippen molar-refractivity contribution in [3.8, 4) is 10.7 Å². The Morgan fingerprint density at radius 1 is 1.35 bits per heavy atom. The lowest BCUT2D eigenvalue weighted by Gasteiger charge is -2.32. The molecule has 2 aromatic rings. The first-order chi connectivity index (χ1) is 9.72. The zero-order chi connectivity index (χ0) is 13.9. The van der Waals surface area contributed by atoms with Crippen LogP contribution in [0.4, 0.5) is 0 Å². The van der Waals surface area contributed by atoms with Crippen LogP contribution in [0.15, 0.2) is 22.0 Å². The zero-order valence-corrected chi connectivity index (χ0v) is 12.9. The van der Waals surface area contributed by atoms with Gasteiger partial charge < -0.3 is 4.52 Å². The van der Waals surface area contributed by atoms with Gasteiger partial charge in [0.2, 0.25) is 11.7 Å². The van der Waals surface area contributed by atoms with E-state index in [0.29, 0.717) is 11.9 Å². The van der Waals surface area contributed by atoms with Crippen LogP contribution in [0.1, 0.15) is 38.5 Å². The number of hydrogen-bond acceptors (Lipinski definition) is 5. The Balaban J connectivity index is 1.60. The second-order valence-corrected chi connectivity index (χ2v) is 6.77. The van der Waals surface area contributed by atoms with Crippen molar-refractivity contribution in [1.82, 2.24) is 15.0 Å². The molecule has 0 radical (unpaired) electrons. The standard InChI is InChI=1S/C15H21N3OS/c1-11-5-7-12(8-6-11)18(2)10-14-16-15(17-19-14)13-4-3-9-20-13/h3-4,9,11-12H,5-8,10H2,1-2H3. The van der Waals surface area contributed by atoms with E-state index >= 15 is 0 Å². The molecule has 0 saturated heterocycles. The molecule has 1 saturated carbocycles. The lowest BCUT2D eigenvalue weighted by atomic mass is 9.87. The summed E-state index contributed by atoms with van der Waals surface area (Å²) >= 11 is 1.64. The number of hydrogen-bond donors (Lipinski definition) is 0. The van der Waals surface area contributed by atoms with Crippen LogP contribution >= 0.6 is 11.3 Å². The lowest BCUT2D eigenvalue weighted by molar-refractivity contribution is 0.148. The molecular formula is C15H21N3OS. The van der Waals surface area contributed by atoms with E-state index in [1.807, 2.05) is 17.5 Å². The summed E-state index contributed by atoms with van der Waals surface area (Å²) in [5.74, 6) is 2.31. The molecular weight excluding hydrogens is 270 g/mol. The molecule has 0 amide bonds. The molecule has 1 fully saturated rings. The minimum absolute atomic E-state index is 0.656. The molecule has 0 spiro atoms. The van der Waals surface area contributed by atoms with Crippen LogP contribution in [0.3, 0.4) is 0 Å². The van der Waals surface area contributed by atoms with Crippen molar-refractivity contribution < 1.29 is 4.52 Å². The molecule has 0 aromatic carbocycles. The number of rotatable bonds is 4. The van der Waals surface area contributed by atoms with Gasteiger partial charge in [0, 0.05) is 6.04 Å². The Kier molecular flexibility index (Phi) is 4.17. The van der Waals surface area contributed by atoms with E-state index in [0.717, 1.165) is 23.2 Å². The molecule has 0 atom stereocenters. The Hall–Kier alpha value is -1.20. The van der Waals surface area contributed by atoms with Crippen LogP contribution in [0.5, 0.6) is 0 Å². The van der Waals surface area contributed by atoms with Gasteiger partial charge in [-0.2, -0.15) is 4.98 Å². The molecule has 0 N–H and O–H groups in total. The predicted octanol–water partition coefficient (Wildman–Crippen LogP) is 3.81. The fraction of sp³-hybridized carbons (Fsp3) is 0.600. The quantitative estimate of drug-likeness (QED) is 0.859. The highest BCUT2D eigenvalue weighted by Crippen LogP contribution is 2.27. The van der Waals surface area contributed by atoms with Gasteiger partial charge in [0.15, 0.2) is 0 Å². The van der Waals surface area contributed by atoms with E-state index in [9.17, 15) is 0 Å². The van der Waals surface area contributed by atoms with Gasteiger partial charge in [-0.25, -0.2) is 0 Å². The van der Waals surface area contributed by atoms with Crippen molar-refractivity contribution in [2.75, 3.05) is 7.05 Å². The van der Waals surface area contributed by atoms with Crippen LogP contribution in [0.25, 0.3) is 10.7 Å². The second-order valence-electron chi connectivity index (χ2n) is 5.82. The Bertz CT molecular complexity index is 529. The number of nitrogens with zero attached hydrogens (tertiary/aromatic N) is 3. The molecule has 0 aliphatic heterocycles. The molecule has 2 aromatic heterocycles. The highest BCUT2D eigenvalue weighted by molar-refractivity contribution is 7.13. The van der Waals surface area contributed by atoms with Gasteiger partial charge in [-0.3, -0.25) is 4.90 Å². The molecule has 5 heteroatoms. The summed E-state index contributed by atoms with van der Waals surface area (Å²) in [6.45, 7) is 3.10. The van der Waals surface area contributed by atoms with Crippen LogP contribution in [-0.2, 0) is 6.54 Å². The van der Waals surface area contributed by atoms with E-state index in [1.54, 1.807) is 11.3 Å². The van der Waals surface area contributed by atoms with Crippen molar-refractivity contribution in [1.29, 1.82) is 0 Å². The minimum Gasteiger partial charge on any atom is -0.338 e. The Labute approximate surface area is 123 Å². The van der Waals surface area contributed by atoms with E-state index in [-0.39, 0.29) is 0 Å². The summed E-state index contributed by atoms with van der Waals surface area (Å²) in [7, 11) is 2.16. The van der Waals surface area contributed by atoms with Gasteiger partial charge in [-0.15, -0.1) is 11.3 Å². The van der Waals surface area contributed by atoms with Crippen LogP contribution in [-0.4, -0.2) is 28.1 Å². The van der Waals surface area contributed by atoms with E-state index < -0.39 is 0 Å².